The number of pyridine rings is 1. The van der Waals surface area contributed by atoms with E-state index in [4.69, 9.17) is 14.0 Å². The minimum atomic E-state index is -0.633. The summed E-state index contributed by atoms with van der Waals surface area (Å²) in [6.45, 7) is 9.23. The lowest BCUT2D eigenvalue weighted by molar-refractivity contribution is 0.00578. The molecule has 0 bridgehead atoms. The van der Waals surface area contributed by atoms with Crippen molar-refractivity contribution in [1.82, 2.24) is 4.98 Å². The van der Waals surface area contributed by atoms with E-state index in [2.05, 4.69) is 4.98 Å². The first kappa shape index (κ1) is 14.9. The first-order chi connectivity index (χ1) is 9.78. The second-order valence-electron chi connectivity index (χ2n) is 6.80. The zero-order valence-corrected chi connectivity index (χ0v) is 13.0. The molecule has 0 saturated carbocycles. The SMILES string of the molecule is CC1(C)OB(c2cc(C3CCOC3)cc(F)n2)OC1(C)C. The lowest BCUT2D eigenvalue weighted by Crippen LogP contribution is -2.41. The van der Waals surface area contributed by atoms with Gasteiger partial charge in [-0.3, -0.25) is 0 Å². The molecule has 2 saturated heterocycles. The van der Waals surface area contributed by atoms with Gasteiger partial charge in [0.2, 0.25) is 5.95 Å². The Balaban J connectivity index is 1.89. The summed E-state index contributed by atoms with van der Waals surface area (Å²) in [4.78, 5) is 3.96. The van der Waals surface area contributed by atoms with Crippen molar-refractivity contribution in [2.75, 3.05) is 13.2 Å². The third kappa shape index (κ3) is 2.72. The minimum Gasteiger partial charge on any atom is -0.398 e. The number of nitrogens with zero attached hydrogens (tertiary/aromatic N) is 1. The zero-order chi connectivity index (χ0) is 15.3. The van der Waals surface area contributed by atoms with Gasteiger partial charge in [-0.1, -0.05) is 0 Å². The predicted molar refractivity (Wildman–Crippen MR) is 78.1 cm³/mol. The molecule has 0 amide bonds. The molecule has 2 fully saturated rings. The average molecular weight is 293 g/mol. The molecule has 3 heterocycles. The van der Waals surface area contributed by atoms with Crippen LogP contribution >= 0.6 is 0 Å². The second-order valence-corrected chi connectivity index (χ2v) is 6.80. The standard InChI is InChI=1S/C15H21BFNO3/c1-14(2)15(3,4)21-16(20-14)12-7-11(8-13(17)18-12)10-5-6-19-9-10/h7-8,10H,5-6,9H2,1-4H3. The van der Waals surface area contributed by atoms with E-state index in [1.165, 1.54) is 6.07 Å². The number of ether oxygens (including phenoxy) is 1. The number of rotatable bonds is 2. The largest absolute Gasteiger partial charge is 0.514 e. The van der Waals surface area contributed by atoms with Gasteiger partial charge >= 0.3 is 7.12 Å². The van der Waals surface area contributed by atoms with E-state index < -0.39 is 24.3 Å². The van der Waals surface area contributed by atoms with Crippen molar-refractivity contribution >= 4 is 12.7 Å². The van der Waals surface area contributed by atoms with Crippen LogP contribution in [0.5, 0.6) is 0 Å². The zero-order valence-electron chi connectivity index (χ0n) is 13.0. The molecular weight excluding hydrogens is 272 g/mol. The van der Waals surface area contributed by atoms with Gasteiger partial charge in [-0.05, 0) is 51.8 Å². The quantitative estimate of drug-likeness (QED) is 0.618. The molecule has 0 radical (unpaired) electrons. The molecule has 0 aliphatic carbocycles. The Bertz CT molecular complexity index is 528. The van der Waals surface area contributed by atoms with Crippen LogP contribution < -0.4 is 5.59 Å². The van der Waals surface area contributed by atoms with E-state index >= 15 is 0 Å². The van der Waals surface area contributed by atoms with Crippen molar-refractivity contribution in [3.05, 3.63) is 23.6 Å². The summed E-state index contributed by atoms with van der Waals surface area (Å²) >= 11 is 0. The van der Waals surface area contributed by atoms with E-state index in [0.29, 0.717) is 12.2 Å². The van der Waals surface area contributed by atoms with Crippen LogP contribution in [0.25, 0.3) is 0 Å². The lowest BCUT2D eigenvalue weighted by atomic mass is 9.82. The van der Waals surface area contributed by atoms with Crippen LogP contribution in [0.3, 0.4) is 0 Å². The van der Waals surface area contributed by atoms with E-state index in [9.17, 15) is 4.39 Å². The molecule has 2 aliphatic rings. The highest BCUT2D eigenvalue weighted by molar-refractivity contribution is 6.61. The van der Waals surface area contributed by atoms with Crippen molar-refractivity contribution in [3.8, 4) is 0 Å². The summed E-state index contributed by atoms with van der Waals surface area (Å²) in [5, 5.41) is 0. The molecule has 6 heteroatoms. The molecular formula is C15H21BFNO3. The Kier molecular flexibility index (Phi) is 3.58. The Morgan fingerprint density at radius 2 is 1.86 bits per heavy atom. The summed E-state index contributed by atoms with van der Waals surface area (Å²) in [7, 11) is -0.633. The third-order valence-corrected chi connectivity index (χ3v) is 4.73. The molecule has 0 N–H and O–H groups in total. The summed E-state index contributed by atoms with van der Waals surface area (Å²) in [5.74, 6) is -0.271. The number of aromatic nitrogens is 1. The van der Waals surface area contributed by atoms with Crippen LogP contribution in [-0.4, -0.2) is 36.5 Å². The van der Waals surface area contributed by atoms with Gasteiger partial charge in [0.1, 0.15) is 0 Å². The molecule has 1 aromatic heterocycles. The molecule has 3 rings (SSSR count). The van der Waals surface area contributed by atoms with Crippen molar-refractivity contribution in [1.29, 1.82) is 0 Å². The Labute approximate surface area is 125 Å². The predicted octanol–water partition coefficient (Wildman–Crippen LogP) is 2.02. The van der Waals surface area contributed by atoms with E-state index in [-0.39, 0.29) is 5.92 Å². The normalized spacial score (nSPS) is 27.3. The van der Waals surface area contributed by atoms with Gasteiger partial charge in [-0.15, -0.1) is 0 Å². The van der Waals surface area contributed by atoms with Crippen LogP contribution in [-0.2, 0) is 14.0 Å². The van der Waals surface area contributed by atoms with Gasteiger partial charge in [0, 0.05) is 12.5 Å². The summed E-state index contributed by atoms with van der Waals surface area (Å²) in [5.41, 5.74) is 0.491. The highest BCUT2D eigenvalue weighted by Crippen LogP contribution is 2.36. The maximum absolute atomic E-state index is 13.9. The number of hydrogen-bond donors (Lipinski definition) is 0. The van der Waals surface area contributed by atoms with Gasteiger partial charge in [-0.25, -0.2) is 4.98 Å². The van der Waals surface area contributed by atoms with Crippen molar-refractivity contribution in [2.24, 2.45) is 0 Å². The first-order valence-electron chi connectivity index (χ1n) is 7.39. The molecule has 2 aliphatic heterocycles. The van der Waals surface area contributed by atoms with Crippen LogP contribution in [0.2, 0.25) is 0 Å². The van der Waals surface area contributed by atoms with Crippen LogP contribution in [0, 0.1) is 5.95 Å². The number of halogens is 1. The van der Waals surface area contributed by atoms with Crippen molar-refractivity contribution in [3.63, 3.8) is 0 Å². The fraction of sp³-hybridized carbons (Fsp3) is 0.667. The molecule has 0 aromatic carbocycles. The Morgan fingerprint density at radius 1 is 1.19 bits per heavy atom. The molecule has 1 atom stereocenters. The minimum absolute atomic E-state index is 0.226. The topological polar surface area (TPSA) is 40.6 Å². The smallest absolute Gasteiger partial charge is 0.398 e. The second kappa shape index (κ2) is 5.04. The summed E-state index contributed by atoms with van der Waals surface area (Å²) in [6, 6.07) is 3.36. The average Bonchev–Trinajstić information content (AvgIpc) is 2.96. The van der Waals surface area contributed by atoms with Gasteiger partial charge in [0.25, 0.3) is 0 Å². The van der Waals surface area contributed by atoms with Crippen molar-refractivity contribution < 1.29 is 18.4 Å². The van der Waals surface area contributed by atoms with Gasteiger partial charge in [0.15, 0.2) is 0 Å². The maximum Gasteiger partial charge on any atom is 0.514 e. The van der Waals surface area contributed by atoms with Crippen LogP contribution in [0.15, 0.2) is 12.1 Å². The fourth-order valence-corrected chi connectivity index (χ4v) is 2.66. The van der Waals surface area contributed by atoms with Crippen molar-refractivity contribution in [2.45, 2.75) is 51.2 Å². The Morgan fingerprint density at radius 3 is 2.43 bits per heavy atom. The highest BCUT2D eigenvalue weighted by atomic mass is 19.1. The first-order valence-corrected chi connectivity index (χ1v) is 7.39. The lowest BCUT2D eigenvalue weighted by Gasteiger charge is -2.32. The molecule has 114 valence electrons. The number of hydrogen-bond acceptors (Lipinski definition) is 4. The fourth-order valence-electron chi connectivity index (χ4n) is 2.66. The highest BCUT2D eigenvalue weighted by Gasteiger charge is 2.52. The molecule has 0 spiro atoms. The van der Waals surface area contributed by atoms with E-state index in [0.717, 1.165) is 18.6 Å². The molecule has 4 nitrogen and oxygen atoms in total. The van der Waals surface area contributed by atoms with E-state index in [1.54, 1.807) is 0 Å². The molecule has 1 unspecified atom stereocenters. The van der Waals surface area contributed by atoms with Gasteiger partial charge in [0.05, 0.1) is 23.4 Å². The summed E-state index contributed by atoms with van der Waals surface area (Å²) in [6.07, 6.45) is 0.909. The Hall–Kier alpha value is -0.975. The van der Waals surface area contributed by atoms with Crippen LogP contribution in [0.1, 0.15) is 45.6 Å². The molecule has 1 aromatic rings. The maximum atomic E-state index is 13.9. The van der Waals surface area contributed by atoms with Gasteiger partial charge < -0.3 is 14.0 Å². The molecule has 21 heavy (non-hydrogen) atoms. The van der Waals surface area contributed by atoms with E-state index in [1.807, 2.05) is 33.8 Å². The van der Waals surface area contributed by atoms with Crippen LogP contribution in [0.4, 0.5) is 4.39 Å². The third-order valence-electron chi connectivity index (χ3n) is 4.73. The monoisotopic (exact) mass is 293 g/mol. The van der Waals surface area contributed by atoms with Gasteiger partial charge in [-0.2, -0.15) is 4.39 Å². The summed E-state index contributed by atoms with van der Waals surface area (Å²) < 4.78 is 31.1.